The molecule has 1 radical (unpaired) electrons. The van der Waals surface area contributed by atoms with Crippen molar-refractivity contribution in [3.8, 4) is 0 Å². The molecule has 2 nitrogen and oxygen atoms in total. The van der Waals surface area contributed by atoms with E-state index in [1.807, 2.05) is 7.05 Å². The fourth-order valence-corrected chi connectivity index (χ4v) is 0.548. The zero-order valence-corrected chi connectivity index (χ0v) is 5.26. The molecule has 43 valence electrons. The first-order valence-electron chi connectivity index (χ1n) is 2.29. The topological polar surface area (TPSA) is 15.6 Å². The van der Waals surface area contributed by atoms with Crippen LogP contribution in [0.5, 0.6) is 0 Å². The maximum atomic E-state index is 5.61. The van der Waals surface area contributed by atoms with Gasteiger partial charge in [-0.15, -0.1) is 0 Å². The van der Waals surface area contributed by atoms with Gasteiger partial charge in [0.25, 0.3) is 0 Å². The van der Waals surface area contributed by atoms with Crippen LogP contribution in [0, 0.1) is 6.20 Å². The molecule has 0 aromatic carbocycles. The molecule has 1 unspecified atom stereocenters. The SMILES string of the molecule is CN1[C]=CC=NC1Cl. The monoisotopic (exact) mass is 129 g/mol. The fraction of sp³-hybridized carbons (Fsp3) is 0.400. The Bertz CT molecular complexity index is 114. The summed E-state index contributed by atoms with van der Waals surface area (Å²) in [5.74, 6) is 0. The minimum atomic E-state index is -0.264. The third-order valence-electron chi connectivity index (χ3n) is 0.881. The maximum Gasteiger partial charge on any atom is 0.197 e. The lowest BCUT2D eigenvalue weighted by Crippen LogP contribution is -2.21. The zero-order chi connectivity index (χ0) is 5.98. The van der Waals surface area contributed by atoms with Crippen LogP contribution in [0.3, 0.4) is 0 Å². The van der Waals surface area contributed by atoms with Crippen LogP contribution in [0.15, 0.2) is 11.1 Å². The predicted octanol–water partition coefficient (Wildman–Crippen LogP) is 0.842. The van der Waals surface area contributed by atoms with Gasteiger partial charge >= 0.3 is 0 Å². The summed E-state index contributed by atoms with van der Waals surface area (Å²) in [5, 5.41) is 0. The molecule has 0 saturated heterocycles. The van der Waals surface area contributed by atoms with Crippen molar-refractivity contribution in [3.05, 3.63) is 12.3 Å². The fourth-order valence-electron chi connectivity index (χ4n) is 0.426. The van der Waals surface area contributed by atoms with Gasteiger partial charge in [-0.25, -0.2) is 0 Å². The van der Waals surface area contributed by atoms with Crippen LogP contribution in [0.4, 0.5) is 0 Å². The number of nitrogens with zero attached hydrogens (tertiary/aromatic N) is 2. The number of alkyl halides is 1. The van der Waals surface area contributed by atoms with E-state index >= 15 is 0 Å². The molecular weight excluding hydrogens is 124 g/mol. The number of aliphatic imine (C=N–C) groups is 1. The molecule has 1 heterocycles. The summed E-state index contributed by atoms with van der Waals surface area (Å²) in [7, 11) is 1.82. The molecule has 8 heavy (non-hydrogen) atoms. The average Bonchev–Trinajstić information content (AvgIpc) is 1.77. The van der Waals surface area contributed by atoms with Crippen molar-refractivity contribution < 1.29 is 0 Å². The standard InChI is InChI=1S/C5H6ClN2/c1-8-4-2-3-7-5(8)6/h2-3,5H,1H3. The normalized spacial score (nSPS) is 26.8. The molecule has 0 aliphatic carbocycles. The number of hydrogen-bond acceptors (Lipinski definition) is 2. The van der Waals surface area contributed by atoms with Crippen molar-refractivity contribution in [2.24, 2.45) is 4.99 Å². The molecular formula is C5H6ClN2. The zero-order valence-electron chi connectivity index (χ0n) is 4.50. The lowest BCUT2D eigenvalue weighted by molar-refractivity contribution is 0.409. The molecule has 0 amide bonds. The highest BCUT2D eigenvalue weighted by molar-refractivity contribution is 6.20. The minimum absolute atomic E-state index is 0.264. The van der Waals surface area contributed by atoms with E-state index in [-0.39, 0.29) is 5.62 Å². The second-order valence-corrected chi connectivity index (χ2v) is 1.91. The predicted molar refractivity (Wildman–Crippen MR) is 33.7 cm³/mol. The smallest absolute Gasteiger partial charge is 0.197 e. The van der Waals surface area contributed by atoms with Gasteiger partial charge in [0.1, 0.15) is 0 Å². The van der Waals surface area contributed by atoms with Crippen molar-refractivity contribution in [2.75, 3.05) is 7.05 Å². The van der Waals surface area contributed by atoms with E-state index in [0.29, 0.717) is 0 Å². The summed E-state index contributed by atoms with van der Waals surface area (Å²) >= 11 is 5.61. The second-order valence-electron chi connectivity index (χ2n) is 1.52. The Balaban J connectivity index is 2.59. The van der Waals surface area contributed by atoms with E-state index in [1.54, 1.807) is 17.2 Å². The van der Waals surface area contributed by atoms with Crippen molar-refractivity contribution in [3.63, 3.8) is 0 Å². The molecule has 1 aliphatic rings. The average molecular weight is 130 g/mol. The molecule has 0 bridgehead atoms. The number of rotatable bonds is 0. The Labute approximate surface area is 53.5 Å². The van der Waals surface area contributed by atoms with Crippen LogP contribution in [-0.2, 0) is 0 Å². The molecule has 1 aliphatic heterocycles. The Morgan fingerprint density at radius 2 is 2.62 bits per heavy atom. The highest BCUT2D eigenvalue weighted by atomic mass is 35.5. The summed E-state index contributed by atoms with van der Waals surface area (Å²) in [6, 6.07) is 0. The molecule has 0 fully saturated rings. The van der Waals surface area contributed by atoms with Gasteiger partial charge < -0.3 is 4.90 Å². The van der Waals surface area contributed by atoms with Crippen LogP contribution < -0.4 is 0 Å². The van der Waals surface area contributed by atoms with Gasteiger partial charge in [0.05, 0.1) is 6.20 Å². The summed E-state index contributed by atoms with van der Waals surface area (Å²) in [6.45, 7) is 0. The lowest BCUT2D eigenvalue weighted by Gasteiger charge is -2.17. The Morgan fingerprint density at radius 3 is 3.00 bits per heavy atom. The highest BCUT2D eigenvalue weighted by Gasteiger charge is 2.05. The van der Waals surface area contributed by atoms with Crippen LogP contribution in [0.2, 0.25) is 0 Å². The Hall–Kier alpha value is -0.500. The molecule has 0 aromatic heterocycles. The van der Waals surface area contributed by atoms with Gasteiger partial charge in [0.2, 0.25) is 0 Å². The lowest BCUT2D eigenvalue weighted by atomic mass is 10.6. The van der Waals surface area contributed by atoms with E-state index in [2.05, 4.69) is 11.2 Å². The number of hydrogen-bond donors (Lipinski definition) is 0. The van der Waals surface area contributed by atoms with Crippen LogP contribution in [0.25, 0.3) is 0 Å². The highest BCUT2D eigenvalue weighted by Crippen LogP contribution is 2.05. The van der Waals surface area contributed by atoms with Gasteiger partial charge in [-0.05, 0) is 6.08 Å². The largest absolute Gasteiger partial charge is 0.339 e. The molecule has 0 aromatic rings. The third kappa shape index (κ3) is 1.01. The molecule has 0 N–H and O–H groups in total. The van der Waals surface area contributed by atoms with Crippen molar-refractivity contribution in [1.82, 2.24) is 4.90 Å². The molecule has 1 atom stereocenters. The Kier molecular flexibility index (Phi) is 1.53. The summed E-state index contributed by atoms with van der Waals surface area (Å²) in [4.78, 5) is 5.56. The minimum Gasteiger partial charge on any atom is -0.339 e. The van der Waals surface area contributed by atoms with Gasteiger partial charge in [0, 0.05) is 13.3 Å². The quantitative estimate of drug-likeness (QED) is 0.350. The summed E-state index contributed by atoms with van der Waals surface area (Å²) in [6.07, 6.45) is 6.22. The number of allylic oxidation sites excluding steroid dienone is 1. The summed E-state index contributed by atoms with van der Waals surface area (Å²) in [5.41, 5.74) is -0.264. The van der Waals surface area contributed by atoms with Gasteiger partial charge in [-0.1, -0.05) is 11.6 Å². The van der Waals surface area contributed by atoms with E-state index in [0.717, 1.165) is 0 Å². The Morgan fingerprint density at radius 1 is 1.88 bits per heavy atom. The van der Waals surface area contributed by atoms with Crippen molar-refractivity contribution in [1.29, 1.82) is 0 Å². The summed E-state index contributed by atoms with van der Waals surface area (Å²) < 4.78 is 0. The first kappa shape index (κ1) is 5.63. The maximum absolute atomic E-state index is 5.61. The molecule has 0 saturated carbocycles. The third-order valence-corrected chi connectivity index (χ3v) is 1.29. The first-order chi connectivity index (χ1) is 3.80. The van der Waals surface area contributed by atoms with Gasteiger partial charge in [-0.2, -0.15) is 0 Å². The number of halogens is 1. The van der Waals surface area contributed by atoms with E-state index in [1.165, 1.54) is 0 Å². The van der Waals surface area contributed by atoms with E-state index in [4.69, 9.17) is 11.6 Å². The molecule has 3 heteroatoms. The van der Waals surface area contributed by atoms with Crippen molar-refractivity contribution >= 4 is 17.8 Å². The van der Waals surface area contributed by atoms with Gasteiger partial charge in [-0.3, -0.25) is 4.99 Å². The second kappa shape index (κ2) is 2.18. The van der Waals surface area contributed by atoms with Gasteiger partial charge in [0.15, 0.2) is 5.62 Å². The van der Waals surface area contributed by atoms with Crippen LogP contribution in [0.1, 0.15) is 0 Å². The molecule has 1 rings (SSSR count). The van der Waals surface area contributed by atoms with Crippen LogP contribution in [-0.4, -0.2) is 23.8 Å². The van der Waals surface area contributed by atoms with Crippen LogP contribution >= 0.6 is 11.6 Å². The van der Waals surface area contributed by atoms with E-state index < -0.39 is 0 Å². The van der Waals surface area contributed by atoms with E-state index in [9.17, 15) is 0 Å². The first-order valence-corrected chi connectivity index (χ1v) is 2.72. The molecule has 0 spiro atoms. The van der Waals surface area contributed by atoms with Crippen molar-refractivity contribution in [2.45, 2.75) is 5.62 Å².